The third-order valence-corrected chi connectivity index (χ3v) is 3.37. The first-order chi connectivity index (χ1) is 9.93. The summed E-state index contributed by atoms with van der Waals surface area (Å²) in [5.41, 5.74) is 6.77. The number of aliphatic imine (C=N–C) groups is 1. The zero-order valence-electron chi connectivity index (χ0n) is 13.3. The summed E-state index contributed by atoms with van der Waals surface area (Å²) in [6.07, 6.45) is 0. The summed E-state index contributed by atoms with van der Waals surface area (Å²) < 4.78 is 0. The van der Waals surface area contributed by atoms with E-state index < -0.39 is 5.91 Å². The van der Waals surface area contributed by atoms with E-state index in [-0.39, 0.29) is 0 Å². The van der Waals surface area contributed by atoms with Crippen molar-refractivity contribution in [1.29, 1.82) is 0 Å². The van der Waals surface area contributed by atoms with Crippen LogP contribution in [0.4, 0.5) is 0 Å². The molecule has 0 aromatic heterocycles. The van der Waals surface area contributed by atoms with Gasteiger partial charge in [0.15, 0.2) is 5.96 Å². The number of hydrogen-bond acceptors (Lipinski definition) is 2. The Kier molecular flexibility index (Phi) is 6.72. The third kappa shape index (κ3) is 5.85. The van der Waals surface area contributed by atoms with Gasteiger partial charge in [-0.3, -0.25) is 4.79 Å². The molecule has 1 aromatic rings. The molecule has 1 unspecified atom stereocenters. The molecule has 0 saturated heterocycles. The lowest BCUT2D eigenvalue weighted by Gasteiger charge is -2.20. The van der Waals surface area contributed by atoms with E-state index in [0.717, 1.165) is 18.1 Å². The average molecular weight is 290 g/mol. The SMILES string of the molecule is CCNC(=NCc1ccc(C(N)=O)cc1)NC(C)C(C)C. The lowest BCUT2D eigenvalue weighted by Crippen LogP contribution is -2.44. The number of rotatable bonds is 6. The summed E-state index contributed by atoms with van der Waals surface area (Å²) >= 11 is 0. The van der Waals surface area contributed by atoms with E-state index in [1.807, 2.05) is 19.1 Å². The minimum Gasteiger partial charge on any atom is -0.366 e. The van der Waals surface area contributed by atoms with E-state index in [2.05, 4.69) is 36.4 Å². The van der Waals surface area contributed by atoms with Crippen molar-refractivity contribution in [1.82, 2.24) is 10.6 Å². The van der Waals surface area contributed by atoms with E-state index in [1.54, 1.807) is 12.1 Å². The van der Waals surface area contributed by atoms with Gasteiger partial charge in [0.05, 0.1) is 6.54 Å². The summed E-state index contributed by atoms with van der Waals surface area (Å²) in [6, 6.07) is 7.55. The number of nitrogens with two attached hydrogens (primary N) is 1. The fourth-order valence-corrected chi connectivity index (χ4v) is 1.65. The molecule has 0 radical (unpaired) electrons. The van der Waals surface area contributed by atoms with Gasteiger partial charge >= 0.3 is 0 Å². The number of nitrogens with zero attached hydrogens (tertiary/aromatic N) is 1. The molecular formula is C16H26N4O. The number of guanidine groups is 1. The molecule has 1 rings (SSSR count). The smallest absolute Gasteiger partial charge is 0.248 e. The molecule has 0 spiro atoms. The largest absolute Gasteiger partial charge is 0.366 e. The maximum atomic E-state index is 11.0. The van der Waals surface area contributed by atoms with Crippen LogP contribution >= 0.6 is 0 Å². The Morgan fingerprint density at radius 3 is 2.33 bits per heavy atom. The second-order valence-electron chi connectivity index (χ2n) is 5.43. The van der Waals surface area contributed by atoms with E-state index in [0.29, 0.717) is 24.1 Å². The molecule has 0 fully saturated rings. The van der Waals surface area contributed by atoms with E-state index in [4.69, 9.17) is 5.73 Å². The molecule has 0 bridgehead atoms. The number of carbonyl (C=O) groups excluding carboxylic acids is 1. The fourth-order valence-electron chi connectivity index (χ4n) is 1.65. The highest BCUT2D eigenvalue weighted by Crippen LogP contribution is 2.05. The maximum Gasteiger partial charge on any atom is 0.248 e. The van der Waals surface area contributed by atoms with Crippen molar-refractivity contribution >= 4 is 11.9 Å². The summed E-state index contributed by atoms with van der Waals surface area (Å²) in [5, 5.41) is 6.61. The molecule has 21 heavy (non-hydrogen) atoms. The van der Waals surface area contributed by atoms with Gasteiger partial charge < -0.3 is 16.4 Å². The van der Waals surface area contributed by atoms with Gasteiger partial charge in [-0.25, -0.2) is 4.99 Å². The van der Waals surface area contributed by atoms with Crippen LogP contribution in [0.15, 0.2) is 29.3 Å². The van der Waals surface area contributed by atoms with Crippen LogP contribution in [0.5, 0.6) is 0 Å². The predicted octanol–water partition coefficient (Wildman–Crippen LogP) is 1.89. The monoisotopic (exact) mass is 290 g/mol. The van der Waals surface area contributed by atoms with Crippen molar-refractivity contribution in [2.45, 2.75) is 40.3 Å². The summed E-state index contributed by atoms with van der Waals surface area (Å²) in [4.78, 5) is 15.6. The fraction of sp³-hybridized carbons (Fsp3) is 0.500. The molecule has 116 valence electrons. The van der Waals surface area contributed by atoms with Crippen LogP contribution in [-0.4, -0.2) is 24.5 Å². The number of primary amides is 1. The molecule has 0 saturated carbocycles. The summed E-state index contributed by atoms with van der Waals surface area (Å²) in [7, 11) is 0. The first kappa shape index (κ1) is 17.0. The van der Waals surface area contributed by atoms with Crippen molar-refractivity contribution in [3.63, 3.8) is 0 Å². The number of carbonyl (C=O) groups is 1. The first-order valence-corrected chi connectivity index (χ1v) is 7.37. The molecule has 4 N–H and O–H groups in total. The summed E-state index contributed by atoms with van der Waals surface area (Å²) in [6.45, 7) is 9.89. The standard InChI is InChI=1S/C16H26N4O/c1-5-18-16(20-12(4)11(2)3)19-10-13-6-8-14(9-7-13)15(17)21/h6-9,11-12H,5,10H2,1-4H3,(H2,17,21)(H2,18,19,20). The Morgan fingerprint density at radius 1 is 1.24 bits per heavy atom. The molecule has 1 amide bonds. The van der Waals surface area contributed by atoms with Crippen LogP contribution in [0, 0.1) is 5.92 Å². The lowest BCUT2D eigenvalue weighted by atomic mass is 10.1. The zero-order chi connectivity index (χ0) is 15.8. The zero-order valence-corrected chi connectivity index (χ0v) is 13.3. The van der Waals surface area contributed by atoms with Crippen molar-refractivity contribution in [2.75, 3.05) is 6.54 Å². The molecule has 0 aliphatic heterocycles. The van der Waals surface area contributed by atoms with Crippen molar-refractivity contribution in [2.24, 2.45) is 16.6 Å². The Hall–Kier alpha value is -2.04. The van der Waals surface area contributed by atoms with Crippen LogP contribution < -0.4 is 16.4 Å². The van der Waals surface area contributed by atoms with Gasteiger partial charge in [0, 0.05) is 18.2 Å². The number of hydrogen-bond donors (Lipinski definition) is 3. The van der Waals surface area contributed by atoms with Crippen LogP contribution in [0.2, 0.25) is 0 Å². The number of benzene rings is 1. The second kappa shape index (κ2) is 8.29. The summed E-state index contributed by atoms with van der Waals surface area (Å²) in [5.74, 6) is 0.923. The van der Waals surface area contributed by atoms with Gasteiger partial charge in [-0.1, -0.05) is 26.0 Å². The first-order valence-electron chi connectivity index (χ1n) is 7.37. The van der Waals surface area contributed by atoms with Crippen LogP contribution in [0.1, 0.15) is 43.6 Å². The normalized spacial score (nSPS) is 13.1. The molecule has 1 aromatic carbocycles. The van der Waals surface area contributed by atoms with Gasteiger partial charge in [-0.2, -0.15) is 0 Å². The topological polar surface area (TPSA) is 79.5 Å². The number of amides is 1. The third-order valence-electron chi connectivity index (χ3n) is 3.37. The van der Waals surface area contributed by atoms with Gasteiger partial charge in [0.1, 0.15) is 0 Å². The number of nitrogens with one attached hydrogen (secondary N) is 2. The highest BCUT2D eigenvalue weighted by molar-refractivity contribution is 5.92. The van der Waals surface area contributed by atoms with Crippen molar-refractivity contribution in [3.05, 3.63) is 35.4 Å². The quantitative estimate of drug-likeness (QED) is 0.553. The van der Waals surface area contributed by atoms with Gasteiger partial charge in [-0.15, -0.1) is 0 Å². The molecule has 5 nitrogen and oxygen atoms in total. The predicted molar refractivity (Wildman–Crippen MR) is 87.2 cm³/mol. The molecule has 0 aliphatic rings. The van der Waals surface area contributed by atoms with E-state index in [1.165, 1.54) is 0 Å². The Bertz CT molecular complexity index is 480. The van der Waals surface area contributed by atoms with Crippen molar-refractivity contribution < 1.29 is 4.79 Å². The molecule has 1 atom stereocenters. The molecule has 5 heteroatoms. The van der Waals surface area contributed by atoms with Crippen molar-refractivity contribution in [3.8, 4) is 0 Å². The highest BCUT2D eigenvalue weighted by atomic mass is 16.1. The Morgan fingerprint density at radius 2 is 1.86 bits per heavy atom. The molecule has 0 aliphatic carbocycles. The minimum atomic E-state index is -0.411. The highest BCUT2D eigenvalue weighted by Gasteiger charge is 2.08. The van der Waals surface area contributed by atoms with E-state index in [9.17, 15) is 4.79 Å². The van der Waals surface area contributed by atoms with Gasteiger partial charge in [-0.05, 0) is 37.5 Å². The molecule has 0 heterocycles. The van der Waals surface area contributed by atoms with Crippen LogP contribution in [-0.2, 0) is 6.54 Å². The second-order valence-corrected chi connectivity index (χ2v) is 5.43. The lowest BCUT2D eigenvalue weighted by molar-refractivity contribution is 0.100. The van der Waals surface area contributed by atoms with Gasteiger partial charge in [0.2, 0.25) is 5.91 Å². The van der Waals surface area contributed by atoms with E-state index >= 15 is 0 Å². The maximum absolute atomic E-state index is 11.0. The minimum absolute atomic E-state index is 0.347. The Labute approximate surface area is 127 Å². The molecular weight excluding hydrogens is 264 g/mol. The van der Waals surface area contributed by atoms with Crippen LogP contribution in [0.25, 0.3) is 0 Å². The average Bonchev–Trinajstić information content (AvgIpc) is 2.45. The van der Waals surface area contributed by atoms with Gasteiger partial charge in [0.25, 0.3) is 0 Å². The van der Waals surface area contributed by atoms with Crippen LogP contribution in [0.3, 0.4) is 0 Å². The Balaban J connectivity index is 2.70.